The van der Waals surface area contributed by atoms with E-state index in [1.165, 1.54) is 0 Å². The van der Waals surface area contributed by atoms with Crippen molar-refractivity contribution in [2.45, 2.75) is 12.2 Å². The molecule has 30 heavy (non-hydrogen) atoms. The van der Waals surface area contributed by atoms with Gasteiger partial charge in [0.15, 0.2) is 0 Å². The summed E-state index contributed by atoms with van der Waals surface area (Å²) in [7, 11) is -0.122. The topological polar surface area (TPSA) is 108 Å². The molecule has 1 aliphatic heterocycles. The summed E-state index contributed by atoms with van der Waals surface area (Å²) in [6.45, 7) is 1.93. The summed E-state index contributed by atoms with van der Waals surface area (Å²) < 4.78 is 47.7. The van der Waals surface area contributed by atoms with Crippen LogP contribution in [0.25, 0.3) is 11.3 Å². The van der Waals surface area contributed by atoms with Crippen LogP contribution in [0.1, 0.15) is 0 Å². The van der Waals surface area contributed by atoms with Gasteiger partial charge in [-0.3, -0.25) is 0 Å². The molecule has 0 radical (unpaired) electrons. The number of aliphatic carboxylic acids is 1. The summed E-state index contributed by atoms with van der Waals surface area (Å²) in [5, 5.41) is 10.4. The second kappa shape index (κ2) is 9.39. The quantitative estimate of drug-likeness (QED) is 0.745. The Bertz CT molecular complexity index is 993. The molecule has 0 amide bonds. The molecule has 0 unspecified atom stereocenters. The molecule has 2 aromatic rings. The molecule has 0 bridgehead atoms. The Balaban J connectivity index is 0.000000396. The lowest BCUT2D eigenvalue weighted by molar-refractivity contribution is -0.192. The number of benzene rings is 1. The minimum absolute atomic E-state index is 0.452. The van der Waals surface area contributed by atoms with Crippen LogP contribution in [0.4, 0.5) is 24.8 Å². The first-order valence-electron chi connectivity index (χ1n) is 8.71. The molecule has 12 heteroatoms. The molecule has 1 fully saturated rings. The molecule has 0 aliphatic carbocycles. The van der Waals surface area contributed by atoms with E-state index in [9.17, 15) is 17.4 Å². The molecular weight excluding hydrogens is 423 g/mol. The van der Waals surface area contributed by atoms with Crippen LogP contribution >= 0.6 is 0 Å². The summed E-state index contributed by atoms with van der Waals surface area (Å²) in [6, 6.07) is 9.97. The van der Waals surface area contributed by atoms with E-state index in [1.807, 2.05) is 37.4 Å². The van der Waals surface area contributed by atoms with Gasteiger partial charge in [0.05, 0.1) is 17.4 Å². The second-order valence-electron chi connectivity index (χ2n) is 6.79. The van der Waals surface area contributed by atoms with Crippen LogP contribution in [0, 0.1) is 0 Å². The fraction of sp³-hybridized carbons (Fsp3) is 0.389. The van der Waals surface area contributed by atoms with Gasteiger partial charge in [0.2, 0.25) is 5.95 Å². The van der Waals surface area contributed by atoms with Crippen molar-refractivity contribution in [1.82, 2.24) is 15.3 Å². The van der Waals surface area contributed by atoms with Crippen LogP contribution in [-0.4, -0.2) is 70.1 Å². The molecule has 2 heterocycles. The van der Waals surface area contributed by atoms with Crippen molar-refractivity contribution >= 4 is 27.3 Å². The molecule has 1 saturated heterocycles. The zero-order valence-electron chi connectivity index (χ0n) is 16.6. The van der Waals surface area contributed by atoms with Crippen molar-refractivity contribution in [2.24, 2.45) is 4.36 Å². The molecular formula is C18H22F3N5O3S. The first-order chi connectivity index (χ1) is 13.9. The fourth-order valence-electron chi connectivity index (χ4n) is 2.34. The molecule has 1 aromatic carbocycles. The highest BCUT2D eigenvalue weighted by atomic mass is 32.2. The number of alkyl halides is 3. The SMILES string of the molecule is CN(c1nccc(-c2ccc(N=S(C)(C)=O)cc2)n1)C1CNC1.O=C(O)C(F)(F)F. The van der Waals surface area contributed by atoms with Crippen molar-refractivity contribution in [3.63, 3.8) is 0 Å². The lowest BCUT2D eigenvalue weighted by atomic mass is 10.1. The Kier molecular flexibility index (Phi) is 7.37. The number of anilines is 1. The molecule has 8 nitrogen and oxygen atoms in total. The fourth-order valence-corrected chi connectivity index (χ4v) is 2.97. The molecule has 1 aliphatic rings. The van der Waals surface area contributed by atoms with Gasteiger partial charge in [-0.15, -0.1) is 0 Å². The maximum Gasteiger partial charge on any atom is 0.490 e. The van der Waals surface area contributed by atoms with Gasteiger partial charge in [-0.25, -0.2) is 19.0 Å². The van der Waals surface area contributed by atoms with E-state index < -0.39 is 21.9 Å². The van der Waals surface area contributed by atoms with Gasteiger partial charge >= 0.3 is 12.1 Å². The molecule has 1 aromatic heterocycles. The van der Waals surface area contributed by atoms with Crippen molar-refractivity contribution < 1.29 is 27.3 Å². The van der Waals surface area contributed by atoms with Crippen molar-refractivity contribution in [3.05, 3.63) is 36.5 Å². The van der Waals surface area contributed by atoms with E-state index >= 15 is 0 Å². The van der Waals surface area contributed by atoms with Gasteiger partial charge in [0.1, 0.15) is 0 Å². The molecule has 3 rings (SSSR count). The predicted molar refractivity (Wildman–Crippen MR) is 108 cm³/mol. The molecule has 0 saturated carbocycles. The Hall–Kier alpha value is -2.73. The highest BCUT2D eigenvalue weighted by Gasteiger charge is 2.38. The van der Waals surface area contributed by atoms with Crippen molar-refractivity contribution in [1.29, 1.82) is 0 Å². The summed E-state index contributed by atoms with van der Waals surface area (Å²) in [4.78, 5) is 20.0. The minimum atomic E-state index is -5.08. The van der Waals surface area contributed by atoms with Crippen LogP contribution in [0.3, 0.4) is 0 Å². The lowest BCUT2D eigenvalue weighted by Gasteiger charge is -2.35. The minimum Gasteiger partial charge on any atom is -0.475 e. The normalized spacial score (nSPS) is 14.2. The van der Waals surface area contributed by atoms with E-state index in [4.69, 9.17) is 9.90 Å². The summed E-state index contributed by atoms with van der Waals surface area (Å²) in [6.07, 6.45) is -0.0467. The van der Waals surface area contributed by atoms with Gasteiger partial charge in [-0.05, 0) is 18.2 Å². The van der Waals surface area contributed by atoms with Gasteiger partial charge in [-0.1, -0.05) is 12.1 Å². The maximum atomic E-state index is 11.7. The number of carboxylic acid groups (broad SMARTS) is 1. The third-order valence-corrected chi connectivity index (χ3v) is 4.65. The van der Waals surface area contributed by atoms with Crippen LogP contribution < -0.4 is 10.2 Å². The van der Waals surface area contributed by atoms with Gasteiger partial charge in [-0.2, -0.15) is 17.5 Å². The number of aromatic nitrogens is 2. The predicted octanol–water partition coefficient (Wildman–Crippen LogP) is 2.54. The number of hydrogen-bond acceptors (Lipinski definition) is 7. The molecule has 2 N–H and O–H groups in total. The average Bonchev–Trinajstić information content (AvgIpc) is 2.59. The van der Waals surface area contributed by atoms with Gasteiger partial charge < -0.3 is 15.3 Å². The summed E-state index contributed by atoms with van der Waals surface area (Å²) >= 11 is 0. The Morgan fingerprint density at radius 1 is 1.23 bits per heavy atom. The maximum absolute atomic E-state index is 11.7. The highest BCUT2D eigenvalue weighted by Crippen LogP contribution is 2.23. The monoisotopic (exact) mass is 445 g/mol. The average molecular weight is 445 g/mol. The van der Waals surface area contributed by atoms with Crippen molar-refractivity contribution in [2.75, 3.05) is 37.5 Å². The smallest absolute Gasteiger partial charge is 0.475 e. The number of carbonyl (C=O) groups is 1. The van der Waals surface area contributed by atoms with E-state index in [0.717, 1.165) is 36.0 Å². The number of likely N-dealkylation sites (N-methyl/N-ethyl adjacent to an activating group) is 1. The van der Waals surface area contributed by atoms with E-state index in [2.05, 4.69) is 24.5 Å². The largest absolute Gasteiger partial charge is 0.490 e. The zero-order chi connectivity index (χ0) is 22.5. The van der Waals surface area contributed by atoms with Crippen LogP contribution in [-0.2, 0) is 14.5 Å². The number of carboxylic acids is 1. The molecule has 0 spiro atoms. The standard InChI is InChI=1S/C16H21N5OS.C2HF3O2/c1-21(14-10-17-11-14)16-18-9-8-15(19-16)12-4-6-13(7-5-12)20-23(2,3)22;3-2(4,5)1(6)7/h4-9,14,17H,10-11H2,1-3H3;(H,6,7). The third kappa shape index (κ3) is 6.95. The Labute approximate surface area is 172 Å². The third-order valence-electron chi connectivity index (χ3n) is 4.00. The summed E-state index contributed by atoms with van der Waals surface area (Å²) in [5.41, 5.74) is 2.58. The van der Waals surface area contributed by atoms with Gasteiger partial charge in [0.25, 0.3) is 0 Å². The van der Waals surface area contributed by atoms with Crippen LogP contribution in [0.5, 0.6) is 0 Å². The van der Waals surface area contributed by atoms with Crippen molar-refractivity contribution in [3.8, 4) is 11.3 Å². The Morgan fingerprint density at radius 3 is 2.23 bits per heavy atom. The number of rotatable bonds is 4. The summed E-state index contributed by atoms with van der Waals surface area (Å²) in [5.74, 6) is -2.03. The highest BCUT2D eigenvalue weighted by molar-refractivity contribution is 7.92. The van der Waals surface area contributed by atoms with E-state index in [-0.39, 0.29) is 0 Å². The van der Waals surface area contributed by atoms with E-state index in [1.54, 1.807) is 18.7 Å². The van der Waals surface area contributed by atoms with Crippen LogP contribution in [0.15, 0.2) is 40.9 Å². The first-order valence-corrected chi connectivity index (χ1v) is 11.0. The lowest BCUT2D eigenvalue weighted by Crippen LogP contribution is -2.56. The molecule has 0 atom stereocenters. The zero-order valence-corrected chi connectivity index (χ0v) is 17.4. The number of hydrogen-bond donors (Lipinski definition) is 2. The van der Waals surface area contributed by atoms with Crippen LogP contribution in [0.2, 0.25) is 0 Å². The van der Waals surface area contributed by atoms with E-state index in [0.29, 0.717) is 6.04 Å². The Morgan fingerprint density at radius 2 is 1.80 bits per heavy atom. The first kappa shape index (κ1) is 23.5. The molecule has 164 valence electrons. The number of nitrogens with one attached hydrogen (secondary N) is 1. The van der Waals surface area contributed by atoms with Gasteiger partial charge in [0, 0.05) is 54.1 Å². The number of nitrogens with zero attached hydrogens (tertiary/aromatic N) is 4. The second-order valence-corrected chi connectivity index (χ2v) is 9.33. The number of halogens is 3.